The van der Waals surface area contributed by atoms with Gasteiger partial charge in [0.2, 0.25) is 0 Å². The summed E-state index contributed by atoms with van der Waals surface area (Å²) in [4.78, 5) is 0. The summed E-state index contributed by atoms with van der Waals surface area (Å²) in [5.74, 6) is 5.18. The fraction of sp³-hybridized carbons (Fsp3) is 1.00. The summed E-state index contributed by atoms with van der Waals surface area (Å²) in [5.41, 5.74) is 0.336. The Morgan fingerprint density at radius 1 is 0.762 bits per heavy atom. The Hall–Kier alpha value is -0.0800. The molecule has 2 heteroatoms. The molecule has 2 aliphatic heterocycles. The fourth-order valence-corrected chi connectivity index (χ4v) is 6.35. The second-order valence-electron chi connectivity index (χ2n) is 9.24. The van der Waals surface area contributed by atoms with Crippen LogP contribution in [0.3, 0.4) is 0 Å². The molecule has 2 saturated heterocycles. The molecule has 0 aromatic carbocycles. The molecule has 0 bridgehead atoms. The van der Waals surface area contributed by atoms with Crippen molar-refractivity contribution in [2.75, 3.05) is 0 Å². The Morgan fingerprint density at radius 2 is 1.38 bits per heavy atom. The molecule has 11 unspecified atom stereocenters. The maximum Gasteiger partial charge on any atom is 0.0951 e. The van der Waals surface area contributed by atoms with Crippen LogP contribution >= 0.6 is 0 Å². The molecule has 0 aromatic rings. The maximum absolute atomic E-state index is 6.17. The predicted octanol–water partition coefficient (Wildman–Crippen LogP) is 4.13. The molecular weight excluding hydrogens is 260 g/mol. The lowest BCUT2D eigenvalue weighted by Gasteiger charge is -2.48. The van der Waals surface area contributed by atoms with Gasteiger partial charge in [-0.3, -0.25) is 0 Å². The van der Waals surface area contributed by atoms with Gasteiger partial charge in [-0.05, 0) is 61.7 Å². The zero-order valence-corrected chi connectivity index (χ0v) is 14.7. The number of hydrogen-bond donors (Lipinski definition) is 0. The zero-order valence-electron chi connectivity index (χ0n) is 14.7. The number of ether oxygens (including phenoxy) is 2. The fourth-order valence-electron chi connectivity index (χ4n) is 6.35. The monoisotopic (exact) mass is 292 g/mol. The molecule has 0 aromatic heterocycles. The molecule has 4 aliphatic rings. The van der Waals surface area contributed by atoms with Crippen molar-refractivity contribution in [1.82, 2.24) is 0 Å². The Bertz CT molecular complexity index is 462. The Kier molecular flexibility index (Phi) is 2.80. The van der Waals surface area contributed by atoms with E-state index >= 15 is 0 Å². The van der Waals surface area contributed by atoms with Gasteiger partial charge in [0.05, 0.1) is 23.4 Å². The minimum absolute atomic E-state index is 0.154. The van der Waals surface area contributed by atoms with Crippen LogP contribution in [0.1, 0.15) is 54.9 Å². The molecule has 4 rings (SSSR count). The summed E-state index contributed by atoms with van der Waals surface area (Å²) >= 11 is 0. The van der Waals surface area contributed by atoms with E-state index in [9.17, 15) is 0 Å². The van der Waals surface area contributed by atoms with Gasteiger partial charge < -0.3 is 9.47 Å². The molecule has 0 amide bonds. The van der Waals surface area contributed by atoms with Crippen LogP contribution in [0.15, 0.2) is 0 Å². The second kappa shape index (κ2) is 4.06. The van der Waals surface area contributed by atoms with Crippen LogP contribution in [0.4, 0.5) is 0 Å². The molecule has 0 N–H and O–H groups in total. The summed E-state index contributed by atoms with van der Waals surface area (Å²) in [5, 5.41) is 0. The van der Waals surface area contributed by atoms with Gasteiger partial charge in [-0.15, -0.1) is 0 Å². The third-order valence-electron chi connectivity index (χ3n) is 8.34. The first-order valence-electron chi connectivity index (χ1n) is 9.06. The SMILES string of the molecule is CC1C(C)C2OC2(C)CC1C1C(C)C(C)C2OC2(C)C1C. The van der Waals surface area contributed by atoms with Gasteiger partial charge >= 0.3 is 0 Å². The van der Waals surface area contributed by atoms with Crippen molar-refractivity contribution >= 4 is 0 Å². The van der Waals surface area contributed by atoms with Gasteiger partial charge in [0.25, 0.3) is 0 Å². The highest BCUT2D eigenvalue weighted by Gasteiger charge is 2.69. The zero-order chi connectivity index (χ0) is 15.3. The van der Waals surface area contributed by atoms with Gasteiger partial charge in [0.1, 0.15) is 0 Å². The Labute approximate surface area is 130 Å². The van der Waals surface area contributed by atoms with Crippen molar-refractivity contribution in [2.24, 2.45) is 41.4 Å². The maximum atomic E-state index is 6.17. The van der Waals surface area contributed by atoms with Crippen molar-refractivity contribution in [2.45, 2.75) is 78.3 Å². The summed E-state index contributed by atoms with van der Waals surface area (Å²) in [6.45, 7) is 16.9. The minimum atomic E-state index is 0.154. The first kappa shape index (κ1) is 14.5. The topological polar surface area (TPSA) is 25.1 Å². The number of hydrogen-bond acceptors (Lipinski definition) is 2. The first-order valence-corrected chi connectivity index (χ1v) is 9.06. The third-order valence-corrected chi connectivity index (χ3v) is 8.34. The van der Waals surface area contributed by atoms with Gasteiger partial charge in [-0.1, -0.05) is 34.6 Å². The Balaban J connectivity index is 1.65. The van der Waals surface area contributed by atoms with Crippen LogP contribution in [0.25, 0.3) is 0 Å². The average Bonchev–Trinajstić information content (AvgIpc) is 3.30. The quantitative estimate of drug-likeness (QED) is 0.679. The van der Waals surface area contributed by atoms with E-state index in [0.717, 1.165) is 23.7 Å². The second-order valence-corrected chi connectivity index (χ2v) is 9.24. The molecule has 2 aliphatic carbocycles. The highest BCUT2D eigenvalue weighted by atomic mass is 16.6. The molecule has 4 fully saturated rings. The van der Waals surface area contributed by atoms with Crippen molar-refractivity contribution in [3.8, 4) is 0 Å². The summed E-state index contributed by atoms with van der Waals surface area (Å²) in [6, 6.07) is 0. The van der Waals surface area contributed by atoms with Gasteiger partial charge in [0.15, 0.2) is 0 Å². The molecule has 2 heterocycles. The lowest BCUT2D eigenvalue weighted by atomic mass is 9.54. The summed E-state index contributed by atoms with van der Waals surface area (Å²) in [6.07, 6.45) is 2.29. The van der Waals surface area contributed by atoms with Crippen molar-refractivity contribution in [3.63, 3.8) is 0 Å². The van der Waals surface area contributed by atoms with E-state index in [2.05, 4.69) is 48.5 Å². The van der Waals surface area contributed by atoms with E-state index < -0.39 is 0 Å². The molecule has 120 valence electrons. The van der Waals surface area contributed by atoms with Crippen molar-refractivity contribution in [3.05, 3.63) is 0 Å². The van der Waals surface area contributed by atoms with Gasteiger partial charge in [-0.2, -0.15) is 0 Å². The van der Waals surface area contributed by atoms with E-state index in [-0.39, 0.29) is 11.2 Å². The van der Waals surface area contributed by atoms with E-state index in [4.69, 9.17) is 9.47 Å². The van der Waals surface area contributed by atoms with Crippen LogP contribution in [0.2, 0.25) is 0 Å². The van der Waals surface area contributed by atoms with E-state index in [1.54, 1.807) is 0 Å². The van der Waals surface area contributed by atoms with Crippen LogP contribution in [0.5, 0.6) is 0 Å². The van der Waals surface area contributed by atoms with Crippen molar-refractivity contribution < 1.29 is 9.47 Å². The molecular formula is C19H32O2. The molecule has 11 atom stereocenters. The first-order chi connectivity index (χ1) is 9.70. The lowest BCUT2D eigenvalue weighted by molar-refractivity contribution is 0.00602. The van der Waals surface area contributed by atoms with Gasteiger partial charge in [0, 0.05) is 0 Å². The smallest absolute Gasteiger partial charge is 0.0951 e. The molecule has 0 radical (unpaired) electrons. The highest BCUT2D eigenvalue weighted by molar-refractivity contribution is 5.16. The van der Waals surface area contributed by atoms with Crippen molar-refractivity contribution in [1.29, 1.82) is 0 Å². The van der Waals surface area contributed by atoms with Crippen LogP contribution in [0, 0.1) is 41.4 Å². The van der Waals surface area contributed by atoms with Crippen LogP contribution < -0.4 is 0 Å². The largest absolute Gasteiger partial charge is 0.366 e. The molecule has 2 nitrogen and oxygen atoms in total. The minimum Gasteiger partial charge on any atom is -0.366 e. The van der Waals surface area contributed by atoms with Crippen LogP contribution in [-0.2, 0) is 9.47 Å². The van der Waals surface area contributed by atoms with E-state index in [1.165, 1.54) is 6.42 Å². The number of rotatable bonds is 1. The number of fused-ring (bicyclic) bond motifs is 2. The molecule has 2 saturated carbocycles. The number of epoxide rings is 2. The summed E-state index contributed by atoms with van der Waals surface area (Å²) in [7, 11) is 0. The molecule has 21 heavy (non-hydrogen) atoms. The third kappa shape index (κ3) is 1.72. The molecule has 0 spiro atoms. The summed E-state index contributed by atoms with van der Waals surface area (Å²) < 4.78 is 12.3. The standard InChI is InChI=1S/C19H32O2/c1-9-11(3)16-18(6,20-16)8-14(9)15-10(2)12(4)17-19(7,21-17)13(15)5/h9-17H,8H2,1-7H3. The van der Waals surface area contributed by atoms with Gasteiger partial charge in [-0.25, -0.2) is 0 Å². The predicted molar refractivity (Wildman–Crippen MR) is 84.0 cm³/mol. The van der Waals surface area contributed by atoms with E-state index in [0.29, 0.717) is 30.0 Å². The highest BCUT2D eigenvalue weighted by Crippen LogP contribution is 2.64. The normalized spacial score (nSPS) is 69.0. The van der Waals surface area contributed by atoms with Crippen LogP contribution in [-0.4, -0.2) is 23.4 Å². The average molecular weight is 292 g/mol. The Morgan fingerprint density at radius 3 is 2.05 bits per heavy atom. The lowest BCUT2D eigenvalue weighted by Crippen LogP contribution is -2.50. The van der Waals surface area contributed by atoms with E-state index in [1.807, 2.05) is 0 Å².